The number of nitrogens with one attached hydrogen (secondary N) is 2. The molecule has 3 aromatic rings. The molecule has 2 aliphatic rings. The fourth-order valence-corrected chi connectivity index (χ4v) is 3.98. The van der Waals surface area contributed by atoms with Gasteiger partial charge >= 0.3 is 5.97 Å². The van der Waals surface area contributed by atoms with Crippen molar-refractivity contribution in [2.24, 2.45) is 0 Å². The summed E-state index contributed by atoms with van der Waals surface area (Å²) in [6.45, 7) is 2.43. The maximum atomic E-state index is 12.5. The van der Waals surface area contributed by atoms with Crippen LogP contribution in [0.25, 0.3) is 10.9 Å². The SMILES string of the molecule is CCOC(=O)[C@H]1Cc2c([nH]c3ccccc23)[C@@H](c2ccc3c(c2)OCO3)N1. The Morgan fingerprint density at radius 3 is 2.93 bits per heavy atom. The van der Waals surface area contributed by atoms with Gasteiger partial charge in [0.25, 0.3) is 0 Å². The molecule has 2 N–H and O–H groups in total. The first-order chi connectivity index (χ1) is 13.2. The summed E-state index contributed by atoms with van der Waals surface area (Å²) >= 11 is 0. The van der Waals surface area contributed by atoms with Crippen LogP contribution in [0, 0.1) is 0 Å². The minimum absolute atomic E-state index is 0.162. The zero-order chi connectivity index (χ0) is 18.4. The van der Waals surface area contributed by atoms with Gasteiger partial charge in [-0.25, -0.2) is 0 Å². The van der Waals surface area contributed by atoms with E-state index >= 15 is 0 Å². The number of aromatic amines is 1. The molecule has 6 heteroatoms. The Bertz CT molecular complexity index is 1030. The van der Waals surface area contributed by atoms with Gasteiger partial charge in [-0.1, -0.05) is 24.3 Å². The number of fused-ring (bicyclic) bond motifs is 4. The lowest BCUT2D eigenvalue weighted by Gasteiger charge is -2.30. The minimum Gasteiger partial charge on any atom is -0.465 e. The van der Waals surface area contributed by atoms with E-state index in [0.717, 1.165) is 39.2 Å². The number of benzene rings is 2. The molecule has 0 amide bonds. The predicted octanol–water partition coefficient (Wildman–Crippen LogP) is 3.06. The van der Waals surface area contributed by atoms with E-state index in [-0.39, 0.29) is 18.8 Å². The molecule has 138 valence electrons. The summed E-state index contributed by atoms with van der Waals surface area (Å²) in [4.78, 5) is 16.0. The van der Waals surface area contributed by atoms with Crippen LogP contribution in [-0.4, -0.2) is 30.4 Å². The number of H-pyrrole nitrogens is 1. The third-order valence-electron chi connectivity index (χ3n) is 5.21. The number of para-hydroxylation sites is 1. The van der Waals surface area contributed by atoms with Crippen LogP contribution >= 0.6 is 0 Å². The molecule has 0 fully saturated rings. The number of rotatable bonds is 3. The van der Waals surface area contributed by atoms with Gasteiger partial charge in [0, 0.05) is 23.0 Å². The molecule has 2 aliphatic heterocycles. The molecule has 0 spiro atoms. The van der Waals surface area contributed by atoms with Crippen molar-refractivity contribution in [2.45, 2.75) is 25.4 Å². The Kier molecular flexibility index (Phi) is 3.79. The second kappa shape index (κ2) is 6.32. The molecule has 5 rings (SSSR count). The largest absolute Gasteiger partial charge is 0.465 e. The van der Waals surface area contributed by atoms with Crippen molar-refractivity contribution in [1.29, 1.82) is 0 Å². The van der Waals surface area contributed by atoms with Gasteiger partial charge in [-0.2, -0.15) is 0 Å². The molecule has 0 aliphatic carbocycles. The molecule has 1 aromatic heterocycles. The normalized spacial score (nSPS) is 20.5. The van der Waals surface area contributed by atoms with E-state index < -0.39 is 6.04 Å². The number of esters is 1. The van der Waals surface area contributed by atoms with Gasteiger partial charge in [0.05, 0.1) is 12.6 Å². The van der Waals surface area contributed by atoms with E-state index in [9.17, 15) is 4.79 Å². The molecule has 3 heterocycles. The number of hydrogen-bond donors (Lipinski definition) is 2. The van der Waals surface area contributed by atoms with Crippen LogP contribution in [0.5, 0.6) is 11.5 Å². The molecule has 0 saturated heterocycles. The average Bonchev–Trinajstić information content (AvgIpc) is 3.31. The summed E-state index contributed by atoms with van der Waals surface area (Å²) in [7, 11) is 0. The summed E-state index contributed by atoms with van der Waals surface area (Å²) in [6.07, 6.45) is 0.596. The lowest BCUT2D eigenvalue weighted by Crippen LogP contribution is -2.45. The first-order valence-corrected chi connectivity index (χ1v) is 9.16. The van der Waals surface area contributed by atoms with Gasteiger partial charge in [-0.05, 0) is 36.2 Å². The van der Waals surface area contributed by atoms with E-state index in [1.807, 2.05) is 37.3 Å². The van der Waals surface area contributed by atoms with Crippen LogP contribution in [-0.2, 0) is 16.0 Å². The number of carbonyl (C=O) groups excluding carboxylic acids is 1. The summed E-state index contributed by atoms with van der Waals surface area (Å²) in [5.74, 6) is 1.25. The first-order valence-electron chi connectivity index (χ1n) is 9.16. The van der Waals surface area contributed by atoms with Crippen molar-refractivity contribution in [1.82, 2.24) is 10.3 Å². The minimum atomic E-state index is -0.396. The fraction of sp³-hybridized carbons (Fsp3) is 0.286. The van der Waals surface area contributed by atoms with Crippen LogP contribution in [0.4, 0.5) is 0 Å². The number of ether oxygens (including phenoxy) is 3. The summed E-state index contributed by atoms with van der Waals surface area (Å²) < 4.78 is 16.2. The maximum Gasteiger partial charge on any atom is 0.323 e. The summed E-state index contributed by atoms with van der Waals surface area (Å²) in [5, 5.41) is 4.61. The highest BCUT2D eigenvalue weighted by Crippen LogP contribution is 2.39. The van der Waals surface area contributed by atoms with Crippen molar-refractivity contribution < 1.29 is 19.0 Å². The van der Waals surface area contributed by atoms with Gasteiger partial charge in [0.2, 0.25) is 6.79 Å². The Labute approximate surface area is 156 Å². The maximum absolute atomic E-state index is 12.5. The average molecular weight is 364 g/mol. The van der Waals surface area contributed by atoms with E-state index in [4.69, 9.17) is 14.2 Å². The molecule has 2 atom stereocenters. The zero-order valence-electron chi connectivity index (χ0n) is 15.0. The molecule has 0 unspecified atom stereocenters. The predicted molar refractivity (Wildman–Crippen MR) is 100.0 cm³/mol. The van der Waals surface area contributed by atoms with E-state index in [0.29, 0.717) is 13.0 Å². The molecule has 0 radical (unpaired) electrons. The molecule has 27 heavy (non-hydrogen) atoms. The Balaban J connectivity index is 1.62. The third-order valence-corrected chi connectivity index (χ3v) is 5.21. The highest BCUT2D eigenvalue weighted by molar-refractivity contribution is 5.87. The van der Waals surface area contributed by atoms with Crippen molar-refractivity contribution >= 4 is 16.9 Å². The molecule has 2 aromatic carbocycles. The molecule has 0 saturated carbocycles. The molecule has 6 nitrogen and oxygen atoms in total. The topological polar surface area (TPSA) is 72.6 Å². The van der Waals surface area contributed by atoms with Crippen LogP contribution in [0.15, 0.2) is 42.5 Å². The van der Waals surface area contributed by atoms with Crippen LogP contribution in [0.1, 0.15) is 29.8 Å². The van der Waals surface area contributed by atoms with Crippen LogP contribution < -0.4 is 14.8 Å². The quantitative estimate of drug-likeness (QED) is 0.699. The van der Waals surface area contributed by atoms with Crippen molar-refractivity contribution in [3.8, 4) is 11.5 Å². The monoisotopic (exact) mass is 364 g/mol. The Morgan fingerprint density at radius 1 is 1.19 bits per heavy atom. The number of hydrogen-bond acceptors (Lipinski definition) is 5. The molecular weight excluding hydrogens is 344 g/mol. The van der Waals surface area contributed by atoms with Crippen molar-refractivity contribution in [3.63, 3.8) is 0 Å². The van der Waals surface area contributed by atoms with Crippen LogP contribution in [0.2, 0.25) is 0 Å². The van der Waals surface area contributed by atoms with Gasteiger partial charge in [0.15, 0.2) is 11.5 Å². The highest BCUT2D eigenvalue weighted by atomic mass is 16.7. The van der Waals surface area contributed by atoms with Crippen molar-refractivity contribution in [2.75, 3.05) is 13.4 Å². The number of aromatic nitrogens is 1. The second-order valence-electron chi connectivity index (χ2n) is 6.78. The molecular formula is C21H20N2O4. The Morgan fingerprint density at radius 2 is 2.04 bits per heavy atom. The van der Waals surface area contributed by atoms with E-state index in [1.54, 1.807) is 0 Å². The van der Waals surface area contributed by atoms with Gasteiger partial charge in [-0.15, -0.1) is 0 Å². The third kappa shape index (κ3) is 2.64. The Hall–Kier alpha value is -2.99. The fourth-order valence-electron chi connectivity index (χ4n) is 3.98. The molecule has 0 bridgehead atoms. The highest BCUT2D eigenvalue weighted by Gasteiger charge is 2.35. The van der Waals surface area contributed by atoms with Crippen molar-refractivity contribution in [3.05, 3.63) is 59.3 Å². The standard InChI is InChI=1S/C21H20N2O4/c1-2-25-21(24)16-10-14-13-5-3-4-6-15(13)22-20(14)19(23-16)12-7-8-17-18(9-12)27-11-26-17/h3-9,16,19,22-23H,2,10-11H2,1H3/t16-,19-/m1/s1. The number of carbonyl (C=O) groups is 1. The van der Waals surface area contributed by atoms with Gasteiger partial charge in [0.1, 0.15) is 6.04 Å². The van der Waals surface area contributed by atoms with E-state index in [2.05, 4.69) is 22.4 Å². The zero-order valence-corrected chi connectivity index (χ0v) is 15.0. The lowest BCUT2D eigenvalue weighted by molar-refractivity contribution is -0.146. The summed E-state index contributed by atoms with van der Waals surface area (Å²) in [6, 6.07) is 13.5. The summed E-state index contributed by atoms with van der Waals surface area (Å²) in [5.41, 5.74) is 4.32. The van der Waals surface area contributed by atoms with Gasteiger partial charge in [-0.3, -0.25) is 10.1 Å². The van der Waals surface area contributed by atoms with Gasteiger partial charge < -0.3 is 19.2 Å². The smallest absolute Gasteiger partial charge is 0.323 e. The lowest BCUT2D eigenvalue weighted by atomic mass is 9.90. The second-order valence-corrected chi connectivity index (χ2v) is 6.78. The van der Waals surface area contributed by atoms with E-state index in [1.165, 1.54) is 0 Å². The van der Waals surface area contributed by atoms with Crippen LogP contribution in [0.3, 0.4) is 0 Å². The first kappa shape index (κ1) is 16.2.